The summed E-state index contributed by atoms with van der Waals surface area (Å²) < 4.78 is 0. The summed E-state index contributed by atoms with van der Waals surface area (Å²) in [6, 6.07) is 19.5. The third kappa shape index (κ3) is 5.54. The Morgan fingerprint density at radius 1 is 0.839 bits per heavy atom. The van der Waals surface area contributed by atoms with E-state index in [0.29, 0.717) is 12.0 Å². The fraction of sp³-hybridized carbons (Fsp3) is 0.222. The summed E-state index contributed by atoms with van der Waals surface area (Å²) in [6.45, 7) is 9.45. The second kappa shape index (κ2) is 9.52. The zero-order chi connectivity index (χ0) is 22.5. The van der Waals surface area contributed by atoms with Crippen molar-refractivity contribution >= 4 is 28.8 Å². The van der Waals surface area contributed by atoms with E-state index in [1.165, 1.54) is 0 Å². The summed E-state index contributed by atoms with van der Waals surface area (Å²) in [7, 11) is 0. The average molecular weight is 413 g/mol. The van der Waals surface area contributed by atoms with Crippen molar-refractivity contribution in [1.29, 1.82) is 0 Å². The number of carbonyl (C=O) groups excluding carboxylic acids is 2. The first-order chi connectivity index (χ1) is 14.7. The molecule has 0 atom stereocenters. The molecule has 0 saturated heterocycles. The van der Waals surface area contributed by atoms with Crippen molar-refractivity contribution < 1.29 is 9.59 Å². The number of aryl methyl sites for hydroxylation is 3. The molecule has 1 amide bonds. The van der Waals surface area contributed by atoms with E-state index >= 15 is 0 Å². The normalized spacial score (nSPS) is 11.3. The molecule has 0 aliphatic rings. The first-order valence-electron chi connectivity index (χ1n) is 10.4. The van der Waals surface area contributed by atoms with Crippen LogP contribution >= 0.6 is 0 Å². The molecule has 31 heavy (non-hydrogen) atoms. The smallest absolute Gasteiger partial charge is 0.256 e. The summed E-state index contributed by atoms with van der Waals surface area (Å²) in [5.41, 5.74) is 8.10. The van der Waals surface area contributed by atoms with Crippen LogP contribution in [0, 0.1) is 20.8 Å². The van der Waals surface area contributed by atoms with E-state index in [2.05, 4.69) is 5.32 Å². The molecule has 0 heterocycles. The van der Waals surface area contributed by atoms with Gasteiger partial charge in [0.25, 0.3) is 5.91 Å². The van der Waals surface area contributed by atoms with Crippen LogP contribution in [0.15, 0.2) is 65.7 Å². The predicted octanol–water partition coefficient (Wildman–Crippen LogP) is 6.14. The van der Waals surface area contributed by atoms with E-state index in [1.807, 2.05) is 88.4 Å². The standard InChI is InChI=1S/C27H28N2O2/c1-17-9-10-22(15-20(4)30)16-25(17)28-21(5)23-11-13-24(14-12-23)29-27(31)26-18(2)7-6-8-19(26)3/h6-14,16H,15H2,1-5H3,(H,29,31). The molecule has 3 aromatic carbocycles. The Morgan fingerprint density at radius 3 is 2.10 bits per heavy atom. The Morgan fingerprint density at radius 2 is 1.48 bits per heavy atom. The lowest BCUT2D eigenvalue weighted by Gasteiger charge is -2.11. The zero-order valence-corrected chi connectivity index (χ0v) is 18.7. The summed E-state index contributed by atoms with van der Waals surface area (Å²) in [4.78, 5) is 28.9. The molecule has 0 unspecified atom stereocenters. The van der Waals surface area contributed by atoms with Crippen molar-refractivity contribution in [2.24, 2.45) is 4.99 Å². The Kier molecular flexibility index (Phi) is 6.81. The van der Waals surface area contributed by atoms with Crippen LogP contribution in [0.25, 0.3) is 0 Å². The van der Waals surface area contributed by atoms with Gasteiger partial charge in [0, 0.05) is 23.4 Å². The van der Waals surface area contributed by atoms with E-state index < -0.39 is 0 Å². The van der Waals surface area contributed by atoms with Crippen LogP contribution in [0.4, 0.5) is 11.4 Å². The maximum atomic E-state index is 12.7. The summed E-state index contributed by atoms with van der Waals surface area (Å²) in [5.74, 6) is 0.0284. The fourth-order valence-corrected chi connectivity index (χ4v) is 3.58. The Balaban J connectivity index is 1.78. The highest BCUT2D eigenvalue weighted by Gasteiger charge is 2.12. The van der Waals surface area contributed by atoms with Crippen molar-refractivity contribution in [1.82, 2.24) is 0 Å². The largest absolute Gasteiger partial charge is 0.322 e. The highest BCUT2D eigenvalue weighted by molar-refractivity contribution is 6.06. The van der Waals surface area contributed by atoms with Crippen LogP contribution in [0.1, 0.15) is 52.0 Å². The zero-order valence-electron chi connectivity index (χ0n) is 18.7. The molecule has 4 heteroatoms. The predicted molar refractivity (Wildman–Crippen MR) is 128 cm³/mol. The number of nitrogens with zero attached hydrogens (tertiary/aromatic N) is 1. The van der Waals surface area contributed by atoms with Crippen LogP contribution in [0.5, 0.6) is 0 Å². The number of amides is 1. The lowest BCUT2D eigenvalue weighted by Crippen LogP contribution is -2.15. The maximum Gasteiger partial charge on any atom is 0.256 e. The van der Waals surface area contributed by atoms with Crippen molar-refractivity contribution in [2.45, 2.75) is 41.0 Å². The lowest BCUT2D eigenvalue weighted by atomic mass is 10.0. The van der Waals surface area contributed by atoms with Crippen LogP contribution < -0.4 is 5.32 Å². The highest BCUT2D eigenvalue weighted by Crippen LogP contribution is 2.23. The topological polar surface area (TPSA) is 58.5 Å². The minimum Gasteiger partial charge on any atom is -0.322 e. The Bertz CT molecular complexity index is 1140. The van der Waals surface area contributed by atoms with Gasteiger partial charge in [-0.25, -0.2) is 0 Å². The molecule has 3 aromatic rings. The maximum absolute atomic E-state index is 12.7. The number of anilines is 1. The second-order valence-electron chi connectivity index (χ2n) is 8.00. The minimum atomic E-state index is -0.105. The molecule has 0 radical (unpaired) electrons. The molecule has 0 aliphatic heterocycles. The molecule has 158 valence electrons. The van der Waals surface area contributed by atoms with Gasteiger partial charge in [0.05, 0.1) is 5.69 Å². The molecule has 1 N–H and O–H groups in total. The second-order valence-corrected chi connectivity index (χ2v) is 8.00. The number of ketones is 1. The van der Waals surface area contributed by atoms with E-state index in [1.54, 1.807) is 6.92 Å². The summed E-state index contributed by atoms with van der Waals surface area (Å²) >= 11 is 0. The van der Waals surface area contributed by atoms with E-state index in [4.69, 9.17) is 4.99 Å². The molecular weight excluding hydrogens is 384 g/mol. The van der Waals surface area contributed by atoms with Crippen LogP contribution in [-0.2, 0) is 11.2 Å². The molecule has 4 nitrogen and oxygen atoms in total. The van der Waals surface area contributed by atoms with Crippen LogP contribution in [0.3, 0.4) is 0 Å². The van der Waals surface area contributed by atoms with Crippen molar-refractivity contribution in [3.8, 4) is 0 Å². The molecule has 0 bridgehead atoms. The molecule has 0 aliphatic carbocycles. The highest BCUT2D eigenvalue weighted by atomic mass is 16.1. The van der Waals surface area contributed by atoms with Gasteiger partial charge in [-0.2, -0.15) is 0 Å². The Labute approximate surface area is 184 Å². The number of hydrogen-bond donors (Lipinski definition) is 1. The molecule has 3 rings (SSSR count). The molecule has 0 spiro atoms. The molecule has 0 fully saturated rings. The van der Waals surface area contributed by atoms with Crippen LogP contribution in [-0.4, -0.2) is 17.4 Å². The first-order valence-corrected chi connectivity index (χ1v) is 10.4. The number of aliphatic imine (C=N–C) groups is 1. The molecular formula is C27H28N2O2. The van der Waals surface area contributed by atoms with E-state index in [9.17, 15) is 9.59 Å². The SMILES string of the molecule is CC(=O)Cc1ccc(C)c(N=C(C)c2ccc(NC(=O)c3c(C)cccc3C)cc2)c1. The third-order valence-corrected chi connectivity index (χ3v) is 5.28. The summed E-state index contributed by atoms with van der Waals surface area (Å²) in [6.07, 6.45) is 0.413. The van der Waals surface area contributed by atoms with Crippen LogP contribution in [0.2, 0.25) is 0 Å². The first kappa shape index (κ1) is 22.2. The van der Waals surface area contributed by atoms with Crippen molar-refractivity contribution in [3.05, 3.63) is 94.0 Å². The number of carbonyl (C=O) groups is 2. The fourth-order valence-electron chi connectivity index (χ4n) is 3.58. The Hall–Kier alpha value is -3.53. The van der Waals surface area contributed by atoms with Gasteiger partial charge in [-0.1, -0.05) is 42.5 Å². The number of benzene rings is 3. The van der Waals surface area contributed by atoms with Gasteiger partial charge in [-0.3, -0.25) is 14.6 Å². The van der Waals surface area contributed by atoms with Gasteiger partial charge < -0.3 is 5.32 Å². The third-order valence-electron chi connectivity index (χ3n) is 5.28. The number of hydrogen-bond acceptors (Lipinski definition) is 3. The van der Waals surface area contributed by atoms with E-state index in [0.717, 1.165) is 44.9 Å². The molecule has 0 aromatic heterocycles. The van der Waals surface area contributed by atoms with Gasteiger partial charge in [0.1, 0.15) is 5.78 Å². The van der Waals surface area contributed by atoms with Crippen molar-refractivity contribution in [3.63, 3.8) is 0 Å². The van der Waals surface area contributed by atoms with Gasteiger partial charge >= 0.3 is 0 Å². The monoisotopic (exact) mass is 412 g/mol. The summed E-state index contributed by atoms with van der Waals surface area (Å²) in [5, 5.41) is 2.98. The van der Waals surface area contributed by atoms with E-state index in [-0.39, 0.29) is 11.7 Å². The number of nitrogens with one attached hydrogen (secondary N) is 1. The van der Waals surface area contributed by atoms with Gasteiger partial charge in [0.15, 0.2) is 0 Å². The minimum absolute atomic E-state index is 0.105. The molecule has 0 saturated carbocycles. The van der Waals surface area contributed by atoms with Crippen molar-refractivity contribution in [2.75, 3.05) is 5.32 Å². The van der Waals surface area contributed by atoms with Gasteiger partial charge in [-0.05, 0) is 80.6 Å². The van der Waals surface area contributed by atoms with Gasteiger partial charge in [0.2, 0.25) is 0 Å². The lowest BCUT2D eigenvalue weighted by molar-refractivity contribution is -0.116. The quantitative estimate of drug-likeness (QED) is 0.495. The average Bonchev–Trinajstić information content (AvgIpc) is 2.70. The number of rotatable bonds is 6. The number of Topliss-reactive ketones (excluding diaryl/α,β-unsaturated/α-hetero) is 1. The van der Waals surface area contributed by atoms with Gasteiger partial charge in [-0.15, -0.1) is 0 Å².